The highest BCUT2D eigenvalue weighted by atomic mass is 32.1. The minimum Gasteiger partial charge on any atom is -0.501 e. The fourth-order valence-corrected chi connectivity index (χ4v) is 4.08. The van der Waals surface area contributed by atoms with Crippen molar-refractivity contribution in [3.05, 3.63) is 33.7 Å². The van der Waals surface area contributed by atoms with E-state index in [9.17, 15) is 9.59 Å². The number of carbonyl (C=O) groups is 2. The third-order valence-electron chi connectivity index (χ3n) is 4.53. The lowest BCUT2D eigenvalue weighted by atomic mass is 10.0. The van der Waals surface area contributed by atoms with Crippen LogP contribution in [0.15, 0.2) is 23.3 Å². The predicted molar refractivity (Wildman–Crippen MR) is 93.5 cm³/mol. The van der Waals surface area contributed by atoms with Gasteiger partial charge in [0, 0.05) is 18.0 Å². The standard InChI is InChI=1S/C18H24N2O3S/c1-2-4-15(19-17(21)14-5-3-9-23-12-14)18(22)20-8-6-16-13(11-20)7-10-24-16/h7,10,12,15H,2-6,8-9,11H2,1H3,(H,19,21). The fraction of sp³-hybridized carbons (Fsp3) is 0.556. The van der Waals surface area contributed by atoms with E-state index < -0.39 is 6.04 Å². The maximum absolute atomic E-state index is 12.9. The molecule has 6 heteroatoms. The summed E-state index contributed by atoms with van der Waals surface area (Å²) in [5.41, 5.74) is 1.87. The molecular weight excluding hydrogens is 324 g/mol. The summed E-state index contributed by atoms with van der Waals surface area (Å²) in [4.78, 5) is 28.6. The number of nitrogens with one attached hydrogen (secondary N) is 1. The van der Waals surface area contributed by atoms with E-state index in [-0.39, 0.29) is 11.8 Å². The van der Waals surface area contributed by atoms with Crippen LogP contribution in [0.5, 0.6) is 0 Å². The van der Waals surface area contributed by atoms with Crippen molar-refractivity contribution in [3.63, 3.8) is 0 Å². The van der Waals surface area contributed by atoms with E-state index in [0.717, 1.165) is 25.8 Å². The zero-order chi connectivity index (χ0) is 16.9. The number of nitrogens with zero attached hydrogens (tertiary/aromatic N) is 1. The van der Waals surface area contributed by atoms with Crippen LogP contribution >= 0.6 is 11.3 Å². The second-order valence-corrected chi connectivity index (χ2v) is 7.31. The number of hydrogen-bond acceptors (Lipinski definition) is 4. The molecule has 1 atom stereocenters. The molecule has 3 rings (SSSR count). The minimum absolute atomic E-state index is 0.0272. The summed E-state index contributed by atoms with van der Waals surface area (Å²) in [6.45, 7) is 4.07. The molecule has 2 aliphatic rings. The van der Waals surface area contributed by atoms with Crippen LogP contribution in [-0.4, -0.2) is 35.9 Å². The highest BCUT2D eigenvalue weighted by molar-refractivity contribution is 7.10. The third-order valence-corrected chi connectivity index (χ3v) is 5.55. The van der Waals surface area contributed by atoms with Crippen LogP contribution in [0.2, 0.25) is 0 Å². The van der Waals surface area contributed by atoms with Crippen LogP contribution < -0.4 is 5.32 Å². The summed E-state index contributed by atoms with van der Waals surface area (Å²) in [6, 6.07) is 1.64. The summed E-state index contributed by atoms with van der Waals surface area (Å²) in [5.74, 6) is -0.144. The van der Waals surface area contributed by atoms with E-state index in [1.54, 1.807) is 11.3 Å². The molecule has 3 heterocycles. The van der Waals surface area contributed by atoms with Crippen LogP contribution in [0.3, 0.4) is 0 Å². The highest BCUT2D eigenvalue weighted by Crippen LogP contribution is 2.24. The van der Waals surface area contributed by atoms with Crippen molar-refractivity contribution in [2.24, 2.45) is 0 Å². The predicted octanol–water partition coefficient (Wildman–Crippen LogP) is 2.61. The van der Waals surface area contributed by atoms with Gasteiger partial charge in [0.25, 0.3) is 5.91 Å². The quantitative estimate of drug-likeness (QED) is 0.890. The number of hydrogen-bond donors (Lipinski definition) is 1. The average Bonchev–Trinajstić information content (AvgIpc) is 3.09. The molecule has 2 aliphatic heterocycles. The van der Waals surface area contributed by atoms with E-state index >= 15 is 0 Å². The van der Waals surface area contributed by atoms with Crippen molar-refractivity contribution < 1.29 is 14.3 Å². The second-order valence-electron chi connectivity index (χ2n) is 6.31. The smallest absolute Gasteiger partial charge is 0.250 e. The first-order chi connectivity index (χ1) is 11.7. The summed E-state index contributed by atoms with van der Waals surface area (Å²) in [6.07, 6.45) is 5.50. The number of ether oxygens (including phenoxy) is 1. The zero-order valence-corrected chi connectivity index (χ0v) is 14.9. The molecule has 130 valence electrons. The Bertz CT molecular complexity index is 638. The van der Waals surface area contributed by atoms with Gasteiger partial charge >= 0.3 is 0 Å². The van der Waals surface area contributed by atoms with E-state index in [4.69, 9.17) is 4.74 Å². The molecule has 0 radical (unpaired) electrons. The number of fused-ring (bicyclic) bond motifs is 1. The molecule has 0 saturated carbocycles. The Balaban J connectivity index is 1.65. The van der Waals surface area contributed by atoms with Gasteiger partial charge in [-0.25, -0.2) is 0 Å². The van der Waals surface area contributed by atoms with Gasteiger partial charge in [0.05, 0.1) is 18.4 Å². The van der Waals surface area contributed by atoms with E-state index in [1.807, 2.05) is 11.8 Å². The van der Waals surface area contributed by atoms with Crippen LogP contribution in [0.1, 0.15) is 43.0 Å². The third kappa shape index (κ3) is 3.80. The Morgan fingerprint density at radius 3 is 3.04 bits per heavy atom. The molecule has 1 aromatic heterocycles. The Kier molecular flexibility index (Phi) is 5.56. The van der Waals surface area contributed by atoms with Gasteiger partial charge in [-0.2, -0.15) is 0 Å². The molecule has 2 amide bonds. The first-order valence-corrected chi connectivity index (χ1v) is 9.52. The van der Waals surface area contributed by atoms with Gasteiger partial charge in [-0.15, -0.1) is 11.3 Å². The van der Waals surface area contributed by atoms with Gasteiger partial charge in [0.15, 0.2) is 0 Å². The molecule has 0 bridgehead atoms. The van der Waals surface area contributed by atoms with Gasteiger partial charge < -0.3 is 15.0 Å². The molecule has 1 unspecified atom stereocenters. The normalized spacial score (nSPS) is 18.2. The van der Waals surface area contributed by atoms with Crippen LogP contribution in [-0.2, 0) is 27.3 Å². The second kappa shape index (κ2) is 7.83. The van der Waals surface area contributed by atoms with E-state index in [0.29, 0.717) is 31.6 Å². The summed E-state index contributed by atoms with van der Waals surface area (Å²) in [7, 11) is 0. The fourth-order valence-electron chi connectivity index (χ4n) is 3.19. The van der Waals surface area contributed by atoms with Gasteiger partial charge in [-0.3, -0.25) is 9.59 Å². The zero-order valence-electron chi connectivity index (χ0n) is 14.0. The lowest BCUT2D eigenvalue weighted by molar-refractivity contribution is -0.136. The number of thiophene rings is 1. The van der Waals surface area contributed by atoms with Crippen molar-refractivity contribution in [1.29, 1.82) is 0 Å². The summed E-state index contributed by atoms with van der Waals surface area (Å²) in [5, 5.41) is 5.01. The van der Waals surface area contributed by atoms with Gasteiger partial charge in [-0.05, 0) is 42.7 Å². The largest absolute Gasteiger partial charge is 0.501 e. The topological polar surface area (TPSA) is 58.6 Å². The number of rotatable bonds is 5. The molecule has 0 spiro atoms. The summed E-state index contributed by atoms with van der Waals surface area (Å²) < 4.78 is 5.23. The summed E-state index contributed by atoms with van der Waals surface area (Å²) >= 11 is 1.76. The molecule has 0 fully saturated rings. The number of carbonyl (C=O) groups excluding carboxylic acids is 2. The molecular formula is C18H24N2O3S. The Labute approximate surface area is 146 Å². The van der Waals surface area contributed by atoms with Crippen molar-refractivity contribution >= 4 is 23.2 Å². The van der Waals surface area contributed by atoms with Crippen molar-refractivity contribution in [1.82, 2.24) is 10.2 Å². The Morgan fingerprint density at radius 1 is 1.42 bits per heavy atom. The van der Waals surface area contributed by atoms with Crippen molar-refractivity contribution in [2.75, 3.05) is 13.2 Å². The van der Waals surface area contributed by atoms with Gasteiger partial charge in [0.1, 0.15) is 6.04 Å². The Hall–Kier alpha value is -1.82. The molecule has 0 aliphatic carbocycles. The first kappa shape index (κ1) is 17.0. The molecule has 1 N–H and O–H groups in total. The van der Waals surface area contributed by atoms with Crippen molar-refractivity contribution in [2.45, 2.75) is 51.6 Å². The van der Waals surface area contributed by atoms with Gasteiger partial charge in [-0.1, -0.05) is 13.3 Å². The minimum atomic E-state index is -0.453. The molecule has 24 heavy (non-hydrogen) atoms. The van der Waals surface area contributed by atoms with Gasteiger partial charge in [0.2, 0.25) is 5.91 Å². The maximum atomic E-state index is 12.9. The molecule has 0 saturated heterocycles. The monoisotopic (exact) mass is 348 g/mol. The van der Waals surface area contributed by atoms with E-state index in [2.05, 4.69) is 16.8 Å². The van der Waals surface area contributed by atoms with Crippen LogP contribution in [0, 0.1) is 0 Å². The average molecular weight is 348 g/mol. The molecule has 1 aromatic rings. The van der Waals surface area contributed by atoms with Crippen molar-refractivity contribution in [3.8, 4) is 0 Å². The lowest BCUT2D eigenvalue weighted by Gasteiger charge is -2.31. The molecule has 0 aromatic carbocycles. The maximum Gasteiger partial charge on any atom is 0.250 e. The number of amides is 2. The van der Waals surface area contributed by atoms with Crippen LogP contribution in [0.4, 0.5) is 0 Å². The molecule has 5 nitrogen and oxygen atoms in total. The Morgan fingerprint density at radius 2 is 2.29 bits per heavy atom. The lowest BCUT2D eigenvalue weighted by Crippen LogP contribution is -2.50. The van der Waals surface area contributed by atoms with E-state index in [1.165, 1.54) is 16.7 Å². The first-order valence-electron chi connectivity index (χ1n) is 8.64. The highest BCUT2D eigenvalue weighted by Gasteiger charge is 2.29. The SMILES string of the molecule is CCCC(NC(=O)C1=COCCC1)C(=O)N1CCc2sccc2C1. The van der Waals surface area contributed by atoms with Crippen LogP contribution in [0.25, 0.3) is 0 Å².